The van der Waals surface area contributed by atoms with Crippen molar-refractivity contribution in [2.75, 3.05) is 12.4 Å². The molecular formula is C17H15N3O4S. The zero-order valence-corrected chi connectivity index (χ0v) is 13.9. The topological polar surface area (TPSA) is 112 Å². The second-order valence-corrected chi connectivity index (χ2v) is 7.35. The van der Waals surface area contributed by atoms with Crippen molar-refractivity contribution in [1.29, 1.82) is 0 Å². The van der Waals surface area contributed by atoms with Gasteiger partial charge >= 0.3 is 0 Å². The third-order valence-electron chi connectivity index (χ3n) is 3.55. The molecule has 0 aliphatic heterocycles. The fourth-order valence-corrected chi connectivity index (χ4v) is 3.33. The Balaban J connectivity index is 1.90. The monoisotopic (exact) mass is 357 g/mol. The van der Waals surface area contributed by atoms with Gasteiger partial charge in [0.2, 0.25) is 0 Å². The van der Waals surface area contributed by atoms with Gasteiger partial charge in [-0.3, -0.25) is 4.98 Å². The van der Waals surface area contributed by atoms with Crippen LogP contribution >= 0.6 is 0 Å². The number of rotatable bonds is 5. The molecule has 2 aromatic carbocycles. The number of phenolic OH excluding ortho intramolecular Hbond substituents is 1. The fraction of sp³-hybridized carbons (Fsp3) is 0.118. The van der Waals surface area contributed by atoms with E-state index in [4.69, 9.17) is 5.11 Å². The Morgan fingerprint density at radius 3 is 2.48 bits per heavy atom. The van der Waals surface area contributed by atoms with Gasteiger partial charge in [-0.25, -0.2) is 8.42 Å². The van der Waals surface area contributed by atoms with Gasteiger partial charge in [0.1, 0.15) is 11.3 Å². The van der Waals surface area contributed by atoms with Crippen LogP contribution in [0.15, 0.2) is 69.9 Å². The van der Waals surface area contributed by atoms with Crippen LogP contribution in [0.1, 0.15) is 0 Å². The molecule has 0 unspecified atom stereocenters. The second kappa shape index (κ2) is 6.96. The third-order valence-corrected chi connectivity index (χ3v) is 5.26. The lowest BCUT2D eigenvalue weighted by Gasteiger charge is -2.03. The molecule has 0 fully saturated rings. The van der Waals surface area contributed by atoms with Crippen molar-refractivity contribution >= 4 is 32.1 Å². The van der Waals surface area contributed by atoms with Crippen molar-refractivity contribution in [2.24, 2.45) is 10.2 Å². The van der Waals surface area contributed by atoms with Crippen LogP contribution < -0.4 is 0 Å². The maximum Gasteiger partial charge on any atom is 0.180 e. The Morgan fingerprint density at radius 1 is 1.00 bits per heavy atom. The predicted octanol–water partition coefficient (Wildman–Crippen LogP) is 3.12. The number of aromatic nitrogens is 1. The van der Waals surface area contributed by atoms with E-state index in [0.29, 0.717) is 22.3 Å². The SMILES string of the molecule is O=S(=O)(CCO)c1ccc(N=Nc2ccc(O)c3ncccc23)cc1. The summed E-state index contributed by atoms with van der Waals surface area (Å²) >= 11 is 0. The molecule has 25 heavy (non-hydrogen) atoms. The number of aliphatic hydroxyl groups is 1. The summed E-state index contributed by atoms with van der Waals surface area (Å²) < 4.78 is 23.7. The van der Waals surface area contributed by atoms with Gasteiger partial charge in [-0.05, 0) is 48.5 Å². The average molecular weight is 357 g/mol. The van der Waals surface area contributed by atoms with Gasteiger partial charge in [0, 0.05) is 11.6 Å². The van der Waals surface area contributed by atoms with E-state index in [2.05, 4.69) is 15.2 Å². The first-order chi connectivity index (χ1) is 12.0. The number of hydrogen-bond donors (Lipinski definition) is 2. The minimum absolute atomic E-state index is 0.0630. The molecule has 0 spiro atoms. The van der Waals surface area contributed by atoms with Crippen LogP contribution in [0.5, 0.6) is 5.75 Å². The predicted molar refractivity (Wildman–Crippen MR) is 93.2 cm³/mol. The number of benzene rings is 2. The molecule has 3 rings (SSSR count). The van der Waals surface area contributed by atoms with Crippen molar-refractivity contribution in [1.82, 2.24) is 4.98 Å². The molecule has 8 heteroatoms. The first kappa shape index (κ1) is 17.0. The van der Waals surface area contributed by atoms with Gasteiger partial charge in [-0.2, -0.15) is 5.11 Å². The summed E-state index contributed by atoms with van der Waals surface area (Å²) in [7, 11) is -3.49. The molecule has 0 aliphatic carbocycles. The van der Waals surface area contributed by atoms with Gasteiger partial charge in [0.15, 0.2) is 9.84 Å². The lowest BCUT2D eigenvalue weighted by atomic mass is 10.2. The highest BCUT2D eigenvalue weighted by Gasteiger charge is 2.13. The lowest BCUT2D eigenvalue weighted by Crippen LogP contribution is -2.09. The largest absolute Gasteiger partial charge is 0.506 e. The molecule has 0 saturated carbocycles. The standard InChI is InChI=1S/C17H15N3O4S/c21-10-11-25(23,24)13-5-3-12(4-6-13)19-20-15-7-8-16(22)17-14(15)2-1-9-18-17/h1-9,21-22H,10-11H2. The molecule has 128 valence electrons. The summed E-state index contributed by atoms with van der Waals surface area (Å²) in [5.41, 5.74) is 1.45. The van der Waals surface area contributed by atoms with E-state index in [1.165, 1.54) is 30.3 Å². The van der Waals surface area contributed by atoms with Crippen molar-refractivity contribution < 1.29 is 18.6 Å². The smallest absolute Gasteiger partial charge is 0.180 e. The normalized spacial score (nSPS) is 12.0. The van der Waals surface area contributed by atoms with E-state index in [1.807, 2.05) is 0 Å². The highest BCUT2D eigenvalue weighted by molar-refractivity contribution is 7.91. The summed E-state index contributed by atoms with van der Waals surface area (Å²) in [6.07, 6.45) is 1.58. The Kier molecular flexibility index (Phi) is 4.73. The minimum Gasteiger partial charge on any atom is -0.506 e. The summed E-state index contributed by atoms with van der Waals surface area (Å²) in [6.45, 7) is -0.425. The van der Waals surface area contributed by atoms with E-state index in [9.17, 15) is 13.5 Å². The number of pyridine rings is 1. The molecule has 1 heterocycles. The number of azo groups is 1. The first-order valence-corrected chi connectivity index (χ1v) is 9.08. The van der Waals surface area contributed by atoms with E-state index in [1.54, 1.807) is 24.4 Å². The summed E-state index contributed by atoms with van der Waals surface area (Å²) in [6, 6.07) is 12.6. The van der Waals surface area contributed by atoms with Crippen LogP contribution in [-0.2, 0) is 9.84 Å². The van der Waals surface area contributed by atoms with Crippen molar-refractivity contribution in [3.05, 3.63) is 54.7 Å². The fourth-order valence-electron chi connectivity index (χ4n) is 2.30. The molecule has 1 aromatic heterocycles. The Labute approximate surface area is 144 Å². The Hall–Kier alpha value is -2.84. The molecule has 0 bridgehead atoms. The number of nitrogens with zero attached hydrogens (tertiary/aromatic N) is 3. The molecule has 0 saturated heterocycles. The molecule has 7 nitrogen and oxygen atoms in total. The summed E-state index contributed by atoms with van der Waals surface area (Å²) in [5.74, 6) is -0.256. The molecule has 0 atom stereocenters. The highest BCUT2D eigenvalue weighted by Crippen LogP contribution is 2.32. The number of sulfone groups is 1. The van der Waals surface area contributed by atoms with Gasteiger partial charge < -0.3 is 10.2 Å². The number of fused-ring (bicyclic) bond motifs is 1. The summed E-state index contributed by atoms with van der Waals surface area (Å²) in [5, 5.41) is 27.5. The van der Waals surface area contributed by atoms with E-state index in [-0.39, 0.29) is 16.4 Å². The van der Waals surface area contributed by atoms with Crippen molar-refractivity contribution in [3.8, 4) is 5.75 Å². The lowest BCUT2D eigenvalue weighted by molar-refractivity contribution is 0.319. The second-order valence-electron chi connectivity index (χ2n) is 5.24. The zero-order valence-electron chi connectivity index (χ0n) is 13.1. The Bertz CT molecular complexity index is 1030. The molecular weight excluding hydrogens is 342 g/mol. The number of hydrogen-bond acceptors (Lipinski definition) is 7. The number of aromatic hydroxyl groups is 1. The van der Waals surface area contributed by atoms with Crippen LogP contribution in [0, 0.1) is 0 Å². The number of aliphatic hydroxyl groups excluding tert-OH is 1. The first-order valence-electron chi connectivity index (χ1n) is 7.43. The maximum atomic E-state index is 11.9. The zero-order chi connectivity index (χ0) is 17.9. The van der Waals surface area contributed by atoms with E-state index in [0.717, 1.165) is 0 Å². The Morgan fingerprint density at radius 2 is 1.76 bits per heavy atom. The molecule has 3 aromatic rings. The quantitative estimate of drug-likeness (QED) is 0.681. The third kappa shape index (κ3) is 3.65. The maximum absolute atomic E-state index is 11.9. The molecule has 0 amide bonds. The van der Waals surface area contributed by atoms with E-state index >= 15 is 0 Å². The molecule has 0 radical (unpaired) electrons. The van der Waals surface area contributed by atoms with Crippen LogP contribution in [0.4, 0.5) is 11.4 Å². The molecule has 2 N–H and O–H groups in total. The van der Waals surface area contributed by atoms with E-state index < -0.39 is 16.4 Å². The van der Waals surface area contributed by atoms with Crippen LogP contribution in [0.2, 0.25) is 0 Å². The van der Waals surface area contributed by atoms with Crippen molar-refractivity contribution in [2.45, 2.75) is 4.90 Å². The molecule has 0 aliphatic rings. The van der Waals surface area contributed by atoms with Crippen LogP contribution in [0.25, 0.3) is 10.9 Å². The minimum atomic E-state index is -3.49. The van der Waals surface area contributed by atoms with Crippen molar-refractivity contribution in [3.63, 3.8) is 0 Å². The van der Waals surface area contributed by atoms with Crippen LogP contribution in [0.3, 0.4) is 0 Å². The highest BCUT2D eigenvalue weighted by atomic mass is 32.2. The van der Waals surface area contributed by atoms with Gasteiger partial charge in [0.25, 0.3) is 0 Å². The number of phenols is 1. The van der Waals surface area contributed by atoms with Gasteiger partial charge in [-0.15, -0.1) is 5.11 Å². The van der Waals surface area contributed by atoms with Crippen LogP contribution in [-0.4, -0.2) is 36.0 Å². The summed E-state index contributed by atoms with van der Waals surface area (Å²) in [4.78, 5) is 4.24. The van der Waals surface area contributed by atoms with Gasteiger partial charge in [-0.1, -0.05) is 0 Å². The average Bonchev–Trinajstić information content (AvgIpc) is 2.62. The van der Waals surface area contributed by atoms with Gasteiger partial charge in [0.05, 0.1) is 28.6 Å².